The molecule has 0 saturated heterocycles. The average Bonchev–Trinajstić information content (AvgIpc) is 1.88. The first kappa shape index (κ1) is 6.46. The molecular weight excluding hydrogens is 134 g/mol. The molecule has 48 valence electrons. The minimum atomic E-state index is 0.717. The van der Waals surface area contributed by atoms with Gasteiger partial charge in [0.25, 0.3) is 0 Å². The van der Waals surface area contributed by atoms with Crippen LogP contribution in [-0.2, 0) is 0 Å². The van der Waals surface area contributed by atoms with Gasteiger partial charge in [-0.2, -0.15) is 11.6 Å². The van der Waals surface area contributed by atoms with Crippen LogP contribution >= 0.6 is 11.6 Å². The molecule has 0 fully saturated rings. The molecule has 0 saturated carbocycles. The molecule has 0 aliphatic carbocycles. The summed E-state index contributed by atoms with van der Waals surface area (Å²) in [6.07, 6.45) is 0. The van der Waals surface area contributed by atoms with Crippen LogP contribution in [0.5, 0.6) is 0 Å². The van der Waals surface area contributed by atoms with Gasteiger partial charge in [-0.3, -0.25) is 0 Å². The monoisotopic (exact) mass is 140 g/mol. The lowest BCUT2D eigenvalue weighted by atomic mass is 10.2. The van der Waals surface area contributed by atoms with Crippen molar-refractivity contribution < 1.29 is 0 Å². The van der Waals surface area contributed by atoms with E-state index < -0.39 is 0 Å². The van der Waals surface area contributed by atoms with E-state index in [2.05, 4.69) is 0 Å². The lowest BCUT2D eigenvalue weighted by Gasteiger charge is -2.03. The quantitative estimate of drug-likeness (QED) is 0.592. The second kappa shape index (κ2) is 2.76. The fourth-order valence-electron chi connectivity index (χ4n) is 0.610. The molecule has 2 N–H and O–H groups in total. The predicted octanol–water partition coefficient (Wildman–Crippen LogP) is 1.81. The third-order valence-corrected chi connectivity index (χ3v) is 1.28. The third kappa shape index (κ3) is 1.63. The van der Waals surface area contributed by atoms with Gasteiger partial charge in [0.15, 0.2) is 0 Å². The molecule has 0 aromatic heterocycles. The Balaban J connectivity index is 2.94. The fraction of sp³-hybridized carbons (Fsp3) is 0. The van der Waals surface area contributed by atoms with Crippen LogP contribution in [0.25, 0.3) is 0 Å². The van der Waals surface area contributed by atoms with Crippen LogP contribution in [0.4, 0.5) is 0 Å². The van der Waals surface area contributed by atoms with Crippen LogP contribution in [0.3, 0.4) is 0 Å². The van der Waals surface area contributed by atoms with Crippen LogP contribution < -0.4 is 5.73 Å². The summed E-state index contributed by atoms with van der Waals surface area (Å²) in [4.78, 5) is 0. The highest BCUT2D eigenvalue weighted by molar-refractivity contribution is 6.30. The van der Waals surface area contributed by atoms with Gasteiger partial charge < -0.3 is 5.73 Å². The summed E-state index contributed by atoms with van der Waals surface area (Å²) >= 11 is 5.65. The van der Waals surface area contributed by atoms with Crippen molar-refractivity contribution in [2.24, 2.45) is 5.73 Å². The molecule has 1 aromatic carbocycles. The van der Waals surface area contributed by atoms with Gasteiger partial charge in [0.05, 0.1) is 0 Å². The Hall–Kier alpha value is -0.660. The Morgan fingerprint density at radius 3 is 2.67 bits per heavy atom. The molecule has 0 amide bonds. The van der Waals surface area contributed by atoms with Gasteiger partial charge >= 0.3 is 0 Å². The summed E-state index contributed by atoms with van der Waals surface area (Å²) in [7, 11) is 0. The van der Waals surface area contributed by atoms with Crippen molar-refractivity contribution >= 4 is 11.6 Å². The van der Waals surface area contributed by atoms with E-state index in [1.807, 2.05) is 24.3 Å². The first-order valence-electron chi connectivity index (χ1n) is 2.63. The standard InChI is InChI=1S/C7H7ClN/c8-7-3-1-2-6(4-7)5-9/h1-5H,9H2/q-1. The molecule has 1 rings (SSSR count). The number of rotatable bonds is 1. The number of hydrogen-bond acceptors (Lipinski definition) is 1. The molecule has 0 aliphatic rings. The van der Waals surface area contributed by atoms with Crippen LogP contribution in [0.15, 0.2) is 24.3 Å². The Bertz CT molecular complexity index is 198. The molecule has 0 radical (unpaired) electrons. The molecule has 2 heteroatoms. The molecule has 9 heavy (non-hydrogen) atoms. The van der Waals surface area contributed by atoms with E-state index in [-0.39, 0.29) is 0 Å². The second-order valence-electron chi connectivity index (χ2n) is 1.72. The van der Waals surface area contributed by atoms with E-state index in [9.17, 15) is 0 Å². The molecule has 0 heterocycles. The summed E-state index contributed by atoms with van der Waals surface area (Å²) in [6, 6.07) is 7.38. The Morgan fingerprint density at radius 1 is 1.44 bits per heavy atom. The smallest absolute Gasteiger partial charge is 0.0148 e. The van der Waals surface area contributed by atoms with Crippen molar-refractivity contribution in [1.29, 1.82) is 0 Å². The van der Waals surface area contributed by atoms with E-state index >= 15 is 0 Å². The highest BCUT2D eigenvalue weighted by Gasteiger charge is 1.78. The van der Waals surface area contributed by atoms with E-state index in [0.29, 0.717) is 5.02 Å². The summed E-state index contributed by atoms with van der Waals surface area (Å²) in [6.45, 7) is 1.52. The summed E-state index contributed by atoms with van der Waals surface area (Å²) in [5, 5.41) is 0.717. The predicted molar refractivity (Wildman–Crippen MR) is 39.0 cm³/mol. The average molecular weight is 141 g/mol. The maximum absolute atomic E-state index is 5.65. The third-order valence-electron chi connectivity index (χ3n) is 1.04. The molecule has 0 aliphatic heterocycles. The van der Waals surface area contributed by atoms with Crippen molar-refractivity contribution in [3.63, 3.8) is 0 Å². The Kier molecular flexibility index (Phi) is 1.98. The minimum absolute atomic E-state index is 0.717. The van der Waals surface area contributed by atoms with E-state index in [4.69, 9.17) is 17.3 Å². The number of hydrogen-bond donors (Lipinski definition) is 1. The Morgan fingerprint density at radius 2 is 2.22 bits per heavy atom. The molecule has 1 aromatic rings. The van der Waals surface area contributed by atoms with Crippen LogP contribution in [0.1, 0.15) is 5.56 Å². The van der Waals surface area contributed by atoms with Gasteiger partial charge in [-0.1, -0.05) is 17.7 Å². The summed E-state index contributed by atoms with van der Waals surface area (Å²) < 4.78 is 0. The largest absolute Gasteiger partial charge is 0.360 e. The van der Waals surface area contributed by atoms with E-state index in [1.54, 1.807) is 0 Å². The summed E-state index contributed by atoms with van der Waals surface area (Å²) in [5.74, 6) is 0. The molecule has 1 nitrogen and oxygen atoms in total. The molecule has 0 spiro atoms. The van der Waals surface area contributed by atoms with Crippen molar-refractivity contribution in [3.05, 3.63) is 41.4 Å². The summed E-state index contributed by atoms with van der Waals surface area (Å²) in [5.41, 5.74) is 6.18. The molecular formula is C7H7ClN-. The lowest BCUT2D eigenvalue weighted by Crippen LogP contribution is -1.90. The van der Waals surface area contributed by atoms with Crippen molar-refractivity contribution in [3.8, 4) is 0 Å². The van der Waals surface area contributed by atoms with Gasteiger partial charge in [-0.15, -0.1) is 18.7 Å². The number of benzene rings is 1. The molecule has 0 unspecified atom stereocenters. The van der Waals surface area contributed by atoms with Crippen molar-refractivity contribution in [2.45, 2.75) is 0 Å². The van der Waals surface area contributed by atoms with Crippen molar-refractivity contribution in [2.75, 3.05) is 0 Å². The fourth-order valence-corrected chi connectivity index (χ4v) is 0.809. The van der Waals surface area contributed by atoms with Gasteiger partial charge in [0.2, 0.25) is 0 Å². The van der Waals surface area contributed by atoms with E-state index in [0.717, 1.165) is 5.56 Å². The normalized spacial score (nSPS) is 9.11. The van der Waals surface area contributed by atoms with Gasteiger partial charge in [-0.05, 0) is 5.02 Å². The van der Waals surface area contributed by atoms with Gasteiger partial charge in [0.1, 0.15) is 0 Å². The highest BCUT2D eigenvalue weighted by Crippen LogP contribution is 2.09. The second-order valence-corrected chi connectivity index (χ2v) is 2.16. The lowest BCUT2D eigenvalue weighted by molar-refractivity contribution is 1.35. The zero-order valence-electron chi connectivity index (χ0n) is 4.84. The topological polar surface area (TPSA) is 26.0 Å². The zero-order chi connectivity index (χ0) is 6.69. The van der Waals surface area contributed by atoms with Crippen LogP contribution in [0.2, 0.25) is 5.02 Å². The zero-order valence-corrected chi connectivity index (χ0v) is 5.60. The first-order chi connectivity index (χ1) is 4.33. The molecule has 0 atom stereocenters. The van der Waals surface area contributed by atoms with E-state index in [1.165, 1.54) is 6.54 Å². The number of halogens is 1. The molecule has 0 bridgehead atoms. The maximum atomic E-state index is 5.65. The SMILES string of the molecule is N[CH-]c1cccc(Cl)c1. The number of nitrogens with two attached hydrogens (primary N) is 1. The van der Waals surface area contributed by atoms with Gasteiger partial charge in [0, 0.05) is 0 Å². The minimum Gasteiger partial charge on any atom is -0.360 e. The highest BCUT2D eigenvalue weighted by atomic mass is 35.5. The van der Waals surface area contributed by atoms with Crippen molar-refractivity contribution in [1.82, 2.24) is 0 Å². The first-order valence-corrected chi connectivity index (χ1v) is 3.01. The van der Waals surface area contributed by atoms with Crippen LogP contribution in [-0.4, -0.2) is 0 Å². The maximum Gasteiger partial charge on any atom is -0.0148 e. The van der Waals surface area contributed by atoms with Crippen LogP contribution in [0, 0.1) is 6.54 Å². The Labute approximate surface area is 59.4 Å². The van der Waals surface area contributed by atoms with Gasteiger partial charge in [-0.25, -0.2) is 0 Å².